The second kappa shape index (κ2) is 15.0. The largest absolute Gasteiger partial charge is 0.115 e. The predicted octanol–water partition coefficient (Wildman–Crippen LogP) is 17.8. The molecule has 2 aliphatic rings. The second-order valence-electron chi connectivity index (χ2n) is 21.2. The summed E-state index contributed by atoms with van der Waals surface area (Å²) in [6.07, 6.45) is 16.2. The van der Waals surface area contributed by atoms with Gasteiger partial charge in [-0.2, -0.15) is 0 Å². The third-order valence-electron chi connectivity index (χ3n) is 16.8. The lowest BCUT2D eigenvalue weighted by Gasteiger charge is -2.65. The number of hydrogen-bond acceptors (Lipinski definition) is 0. The zero-order valence-electron chi connectivity index (χ0n) is 39.2. The monoisotopic (exact) mass is 870 g/mol. The molecule has 0 saturated heterocycles. The van der Waals surface area contributed by atoms with Gasteiger partial charge < -0.3 is 0 Å². The number of terminal acetylenes is 1. The molecule has 0 amide bonds. The van der Waals surface area contributed by atoms with Crippen molar-refractivity contribution in [2.24, 2.45) is 0 Å². The molecule has 0 N–H and O–H groups in total. The molecule has 11 aromatic rings. The maximum atomic E-state index is 6.69. The highest BCUT2D eigenvalue weighted by Gasteiger charge is 2.63. The first kappa shape index (κ1) is 40.8. The first-order chi connectivity index (χ1) is 33.2. The molecule has 11 aromatic carbocycles. The smallest absolute Gasteiger partial charge is 0.0324 e. The molecule has 0 aromatic heterocycles. The molecular formula is C68H54. The summed E-state index contributed by atoms with van der Waals surface area (Å²) in [6.45, 7) is 7.48. The molecule has 2 atom stereocenters. The molecule has 0 spiro atoms. The van der Waals surface area contributed by atoms with E-state index in [1.807, 2.05) is 0 Å². The van der Waals surface area contributed by atoms with E-state index in [9.17, 15) is 0 Å². The minimum Gasteiger partial charge on any atom is -0.115 e. The highest BCUT2D eigenvalue weighted by Crippen LogP contribution is 2.70. The van der Waals surface area contributed by atoms with Crippen molar-refractivity contribution in [3.63, 3.8) is 0 Å². The Hall–Kier alpha value is -7.46. The van der Waals surface area contributed by atoms with Gasteiger partial charge in [0, 0.05) is 5.56 Å². The molecule has 2 aliphatic carbocycles. The van der Waals surface area contributed by atoms with Crippen molar-refractivity contribution in [1.29, 1.82) is 0 Å². The Labute approximate surface area is 400 Å². The third kappa shape index (κ3) is 5.95. The van der Waals surface area contributed by atoms with Crippen LogP contribution in [0.4, 0.5) is 0 Å². The van der Waals surface area contributed by atoms with Gasteiger partial charge >= 0.3 is 0 Å². The van der Waals surface area contributed by atoms with E-state index in [-0.39, 0.29) is 21.7 Å². The maximum Gasteiger partial charge on any atom is 0.0324 e. The van der Waals surface area contributed by atoms with Crippen molar-refractivity contribution in [1.82, 2.24) is 0 Å². The minimum absolute atomic E-state index is 0.292. The molecule has 0 heteroatoms. The van der Waals surface area contributed by atoms with Crippen LogP contribution in [0.5, 0.6) is 0 Å². The van der Waals surface area contributed by atoms with Crippen molar-refractivity contribution in [2.75, 3.05) is 0 Å². The van der Waals surface area contributed by atoms with E-state index in [2.05, 4.69) is 233 Å². The van der Waals surface area contributed by atoms with Crippen LogP contribution in [0.3, 0.4) is 0 Å². The van der Waals surface area contributed by atoms with Crippen molar-refractivity contribution in [3.05, 3.63) is 234 Å². The van der Waals surface area contributed by atoms with E-state index >= 15 is 0 Å². The maximum absolute atomic E-state index is 6.69. The van der Waals surface area contributed by atoms with Crippen molar-refractivity contribution >= 4 is 81.5 Å². The van der Waals surface area contributed by atoms with Crippen molar-refractivity contribution in [3.8, 4) is 12.3 Å². The zero-order valence-corrected chi connectivity index (χ0v) is 39.2. The molecule has 0 aliphatic heterocycles. The first-order valence-electron chi connectivity index (χ1n) is 24.6. The van der Waals surface area contributed by atoms with E-state index in [0.29, 0.717) is 0 Å². The normalized spacial score (nSPS) is 22.8. The van der Waals surface area contributed by atoms with Crippen LogP contribution in [-0.2, 0) is 21.7 Å². The van der Waals surface area contributed by atoms with Gasteiger partial charge in [0.2, 0.25) is 0 Å². The molecule has 326 valence electrons. The van der Waals surface area contributed by atoms with Crippen LogP contribution in [-0.4, -0.2) is 0 Å². The van der Waals surface area contributed by atoms with Crippen LogP contribution in [0.25, 0.3) is 81.5 Å². The Morgan fingerprint density at radius 2 is 0.647 bits per heavy atom. The lowest BCUT2D eigenvalue weighted by Crippen LogP contribution is -2.59. The van der Waals surface area contributed by atoms with Gasteiger partial charge in [-0.1, -0.05) is 202 Å². The highest BCUT2D eigenvalue weighted by atomic mass is 14.7. The van der Waals surface area contributed by atoms with E-state index in [4.69, 9.17) is 6.42 Å². The summed E-state index contributed by atoms with van der Waals surface area (Å²) < 4.78 is 0. The topological polar surface area (TPSA) is 0 Å². The van der Waals surface area contributed by atoms with Gasteiger partial charge in [0.1, 0.15) is 0 Å². The summed E-state index contributed by atoms with van der Waals surface area (Å²) in [5, 5.41) is 18.5. The van der Waals surface area contributed by atoms with Crippen LogP contribution >= 0.6 is 0 Å². The number of rotatable bonds is 5. The van der Waals surface area contributed by atoms with E-state index < -0.39 is 0 Å². The molecule has 0 heterocycles. The molecule has 2 bridgehead atoms. The first-order valence-corrected chi connectivity index (χ1v) is 24.6. The summed E-state index contributed by atoms with van der Waals surface area (Å²) >= 11 is 0. The Morgan fingerprint density at radius 3 is 0.971 bits per heavy atom. The van der Waals surface area contributed by atoms with Crippen LogP contribution in [0.2, 0.25) is 0 Å². The predicted molar refractivity (Wildman–Crippen MR) is 292 cm³/mol. The lowest BCUT2D eigenvalue weighted by atomic mass is 9.38. The van der Waals surface area contributed by atoms with Gasteiger partial charge in [-0.15, -0.1) is 6.42 Å². The van der Waals surface area contributed by atoms with E-state index in [1.165, 1.54) is 103 Å². The van der Waals surface area contributed by atoms with Crippen LogP contribution < -0.4 is 0 Å². The van der Waals surface area contributed by atoms with Gasteiger partial charge in [-0.3, -0.25) is 0 Å². The molecule has 13 rings (SSSR count). The Morgan fingerprint density at radius 1 is 0.368 bits per heavy atom. The summed E-state index contributed by atoms with van der Waals surface area (Å²) in [4.78, 5) is 0. The quantitative estimate of drug-likeness (QED) is 0.119. The minimum atomic E-state index is -0.366. The number of hydrogen-bond donors (Lipinski definition) is 0. The molecule has 0 radical (unpaired) electrons. The highest BCUT2D eigenvalue weighted by molar-refractivity contribution is 6.07. The van der Waals surface area contributed by atoms with Gasteiger partial charge in [0.25, 0.3) is 0 Å². The van der Waals surface area contributed by atoms with Gasteiger partial charge in [0.05, 0.1) is 0 Å². The van der Waals surface area contributed by atoms with Gasteiger partial charge in [-0.25, -0.2) is 0 Å². The van der Waals surface area contributed by atoms with E-state index in [0.717, 1.165) is 37.7 Å². The van der Waals surface area contributed by atoms with Gasteiger partial charge in [-0.05, 0) is 188 Å². The van der Waals surface area contributed by atoms with Crippen molar-refractivity contribution in [2.45, 2.75) is 74.5 Å². The van der Waals surface area contributed by atoms with Crippen LogP contribution in [0.15, 0.2) is 200 Å². The summed E-state index contributed by atoms with van der Waals surface area (Å²) in [5.41, 5.74) is 6.78. The van der Waals surface area contributed by atoms with Crippen LogP contribution in [0, 0.1) is 12.3 Å². The number of allylic oxidation sites excluding steroid dienone is 1. The Kier molecular flexibility index (Phi) is 9.01. The fourth-order valence-electron chi connectivity index (χ4n) is 15.3. The van der Waals surface area contributed by atoms with E-state index in [1.54, 1.807) is 0 Å². The molecule has 2 saturated carbocycles. The Balaban J connectivity index is 1.25. The fourth-order valence-corrected chi connectivity index (χ4v) is 15.3. The standard InChI is InChI=1S/C68H54/c1-5-21-53-45(6-2)36-46-22-11-18-33-58(46)63(53)67-40-65(3,61-54-29-14-7-23-47(54)37-48-24-8-15-30-55(48)61)42-68(44-67,64-59-34-19-12-27-51(59)39-52-28-13-20-35-60(52)64)43-66(4,41-67)62-56-31-16-9-25-49(56)38-50-26-10-17-32-57(50)62/h2,5,7-39H,40-44H2,1,3-4H3/b21-5-. The zero-order chi connectivity index (χ0) is 45.8. The summed E-state index contributed by atoms with van der Waals surface area (Å²) in [5.74, 6) is 3.26. The average molecular weight is 871 g/mol. The number of fused-ring (bicyclic) bond motifs is 9. The molecule has 0 nitrogen and oxygen atoms in total. The SMILES string of the molecule is C#Cc1cc2ccccc2c(C23CC(C)(c4c5ccccc5cc5ccccc45)CC(c4c5ccccc5cc5ccccc45)(CC(C)(c4c5ccccc5cc5ccccc45)C2)C3)c1/C=C\C. The van der Waals surface area contributed by atoms with Gasteiger partial charge in [0.15, 0.2) is 0 Å². The number of benzene rings is 11. The fraction of sp³-hybridized carbons (Fsp3) is 0.176. The molecule has 68 heavy (non-hydrogen) atoms. The third-order valence-corrected chi connectivity index (χ3v) is 16.8. The molecule has 2 unspecified atom stereocenters. The summed E-state index contributed by atoms with van der Waals surface area (Å²) in [7, 11) is 0. The molecular weight excluding hydrogens is 817 g/mol. The summed E-state index contributed by atoms with van der Waals surface area (Å²) in [6, 6.07) is 74.1. The second-order valence-corrected chi connectivity index (χ2v) is 21.2. The Bertz CT molecular complexity index is 3660. The van der Waals surface area contributed by atoms with Crippen molar-refractivity contribution < 1.29 is 0 Å². The average Bonchev–Trinajstić information content (AvgIpc) is 3.35. The molecule has 2 fully saturated rings. The van der Waals surface area contributed by atoms with Crippen LogP contribution in [0.1, 0.15) is 86.3 Å². The lowest BCUT2D eigenvalue weighted by molar-refractivity contribution is 0.0205.